The van der Waals surface area contributed by atoms with Gasteiger partial charge in [-0.3, -0.25) is 9.59 Å². The lowest BCUT2D eigenvalue weighted by molar-refractivity contribution is -0.122. The zero-order valence-corrected chi connectivity index (χ0v) is 25.0. The topological polar surface area (TPSA) is 98.7 Å². The van der Waals surface area contributed by atoms with Crippen molar-refractivity contribution in [1.29, 1.82) is 0 Å². The van der Waals surface area contributed by atoms with E-state index in [0.717, 1.165) is 6.42 Å². The first-order chi connectivity index (χ1) is 18.8. The van der Waals surface area contributed by atoms with Crippen LogP contribution in [0, 0.1) is 17.2 Å². The maximum atomic E-state index is 15.1. The predicted octanol–water partition coefficient (Wildman–Crippen LogP) is 6.00. The summed E-state index contributed by atoms with van der Waals surface area (Å²) in [6.07, 6.45) is 1.36. The number of aliphatic hydroxyl groups is 2. The Kier molecular flexibility index (Phi) is 9.32. The molecule has 2 aromatic carbocycles. The van der Waals surface area contributed by atoms with Gasteiger partial charge in [0.25, 0.3) is 0 Å². The Morgan fingerprint density at radius 3 is 2.58 bits per heavy atom. The number of hydrogen-bond acceptors (Lipinski definition) is 5. The fraction of sp³-hybridized carbons (Fsp3) is 0.548. The van der Waals surface area contributed by atoms with E-state index < -0.39 is 35.3 Å². The number of halogens is 3. The molecule has 40 heavy (non-hydrogen) atoms. The normalized spacial score (nSPS) is 24.9. The first-order valence-electron chi connectivity index (χ1n) is 13.9. The Labute approximate surface area is 245 Å². The fourth-order valence-electron chi connectivity index (χ4n) is 7.07. The van der Waals surface area contributed by atoms with Gasteiger partial charge < -0.3 is 20.8 Å². The molecule has 4 rings (SSSR count). The largest absolute Gasteiger partial charge is 0.394 e. The first kappa shape index (κ1) is 30.9. The summed E-state index contributed by atoms with van der Waals surface area (Å²) < 4.78 is 15.1. The number of aliphatic hydroxyl groups excluding tert-OH is 2. The summed E-state index contributed by atoms with van der Waals surface area (Å²) in [6, 6.07) is 8.66. The van der Waals surface area contributed by atoms with Gasteiger partial charge in [0.2, 0.25) is 5.91 Å². The molecule has 1 saturated heterocycles. The van der Waals surface area contributed by atoms with Crippen molar-refractivity contribution in [3.63, 3.8) is 0 Å². The monoisotopic (exact) mass is 592 g/mol. The lowest BCUT2D eigenvalue weighted by Gasteiger charge is -2.39. The highest BCUT2D eigenvalue weighted by molar-refractivity contribution is 6.31. The van der Waals surface area contributed by atoms with Gasteiger partial charge in [-0.25, -0.2) is 4.39 Å². The Hall–Kier alpha value is -2.03. The zero-order chi connectivity index (χ0) is 29.4. The SMILES string of the molecule is CC(C)CC(C)(C)C[C@H]1N[C@@H](C(=O)CCC[C@H](O)CO)[C@H](c2cccc(Cl)c2)[C@@]12C(=O)Nc1cc(Cl)c(F)cc12. The molecule has 0 unspecified atom stereocenters. The quantitative estimate of drug-likeness (QED) is 0.256. The highest BCUT2D eigenvalue weighted by atomic mass is 35.5. The summed E-state index contributed by atoms with van der Waals surface area (Å²) in [7, 11) is 0. The van der Waals surface area contributed by atoms with Crippen LogP contribution in [0.5, 0.6) is 0 Å². The molecule has 1 spiro atoms. The van der Waals surface area contributed by atoms with Gasteiger partial charge in [-0.15, -0.1) is 0 Å². The lowest BCUT2D eigenvalue weighted by atomic mass is 9.61. The van der Waals surface area contributed by atoms with E-state index in [4.69, 9.17) is 23.2 Å². The van der Waals surface area contributed by atoms with Gasteiger partial charge >= 0.3 is 0 Å². The highest BCUT2D eigenvalue weighted by Crippen LogP contribution is 2.57. The Bertz CT molecular complexity index is 1270. The van der Waals surface area contributed by atoms with Crippen LogP contribution in [0.1, 0.15) is 76.8 Å². The molecule has 0 saturated carbocycles. The van der Waals surface area contributed by atoms with Crippen LogP contribution in [-0.4, -0.2) is 46.7 Å². The number of nitrogens with one attached hydrogen (secondary N) is 2. The Balaban J connectivity index is 1.89. The molecule has 0 radical (unpaired) electrons. The van der Waals surface area contributed by atoms with Crippen LogP contribution >= 0.6 is 23.2 Å². The van der Waals surface area contributed by atoms with Crippen LogP contribution in [0.4, 0.5) is 10.1 Å². The second-order valence-electron chi connectivity index (χ2n) is 12.5. The van der Waals surface area contributed by atoms with Crippen molar-refractivity contribution in [2.45, 2.75) is 89.3 Å². The second-order valence-corrected chi connectivity index (χ2v) is 13.4. The summed E-state index contributed by atoms with van der Waals surface area (Å²) in [5.74, 6) is -1.32. The van der Waals surface area contributed by atoms with Crippen molar-refractivity contribution in [2.75, 3.05) is 11.9 Å². The number of anilines is 1. The molecule has 2 heterocycles. The number of hydrogen-bond donors (Lipinski definition) is 4. The van der Waals surface area contributed by atoms with E-state index in [-0.39, 0.29) is 41.6 Å². The summed E-state index contributed by atoms with van der Waals surface area (Å²) in [5.41, 5.74) is 0.125. The number of benzene rings is 2. The highest BCUT2D eigenvalue weighted by Gasteiger charge is 2.65. The van der Waals surface area contributed by atoms with Gasteiger partial charge in [0.15, 0.2) is 0 Å². The maximum Gasteiger partial charge on any atom is 0.237 e. The van der Waals surface area contributed by atoms with Crippen LogP contribution in [0.15, 0.2) is 36.4 Å². The van der Waals surface area contributed by atoms with E-state index in [1.54, 1.807) is 18.2 Å². The minimum Gasteiger partial charge on any atom is -0.394 e. The van der Waals surface area contributed by atoms with Crippen LogP contribution in [-0.2, 0) is 15.0 Å². The molecule has 2 aliphatic heterocycles. The van der Waals surface area contributed by atoms with Crippen LogP contribution in [0.25, 0.3) is 0 Å². The van der Waals surface area contributed by atoms with Gasteiger partial charge in [0.1, 0.15) is 17.0 Å². The average Bonchev–Trinajstić information content (AvgIpc) is 3.33. The number of fused-ring (bicyclic) bond motifs is 2. The molecule has 2 aromatic rings. The van der Waals surface area contributed by atoms with Crippen molar-refractivity contribution in [3.8, 4) is 0 Å². The average molecular weight is 594 g/mol. The molecule has 9 heteroatoms. The Morgan fingerprint density at radius 2 is 1.93 bits per heavy atom. The molecule has 0 aliphatic carbocycles. The molecule has 6 nitrogen and oxygen atoms in total. The van der Waals surface area contributed by atoms with Crippen LogP contribution in [0.2, 0.25) is 10.0 Å². The summed E-state index contributed by atoms with van der Waals surface area (Å²) >= 11 is 12.6. The van der Waals surface area contributed by atoms with E-state index in [0.29, 0.717) is 40.6 Å². The van der Waals surface area contributed by atoms with Crippen molar-refractivity contribution >= 4 is 40.6 Å². The number of carbonyl (C=O) groups is 2. The van der Waals surface area contributed by atoms with E-state index in [9.17, 15) is 19.8 Å². The molecule has 5 atom stereocenters. The molecule has 4 N–H and O–H groups in total. The van der Waals surface area contributed by atoms with Crippen molar-refractivity contribution in [2.24, 2.45) is 11.3 Å². The van der Waals surface area contributed by atoms with Crippen LogP contribution < -0.4 is 10.6 Å². The number of Topliss-reactive ketones (excluding diaryl/α,β-unsaturated/α-hetero) is 1. The van der Waals surface area contributed by atoms with Crippen LogP contribution in [0.3, 0.4) is 0 Å². The fourth-order valence-corrected chi connectivity index (χ4v) is 7.44. The third-order valence-electron chi connectivity index (χ3n) is 8.33. The molecular formula is C31H39Cl2FN2O4. The zero-order valence-electron chi connectivity index (χ0n) is 23.4. The molecule has 0 aromatic heterocycles. The van der Waals surface area contributed by atoms with Gasteiger partial charge in [-0.1, -0.05) is 63.0 Å². The predicted molar refractivity (Wildman–Crippen MR) is 156 cm³/mol. The molecule has 1 amide bonds. The van der Waals surface area contributed by atoms with Crippen molar-refractivity contribution in [3.05, 3.63) is 63.4 Å². The van der Waals surface area contributed by atoms with E-state index in [1.165, 1.54) is 12.1 Å². The van der Waals surface area contributed by atoms with E-state index in [2.05, 4.69) is 38.3 Å². The minimum absolute atomic E-state index is 0.0897. The molecule has 0 bridgehead atoms. The molecule has 218 valence electrons. The molecular weight excluding hydrogens is 554 g/mol. The number of ketones is 1. The van der Waals surface area contributed by atoms with Gasteiger partial charge in [0.05, 0.1) is 23.8 Å². The summed E-state index contributed by atoms with van der Waals surface area (Å²) in [4.78, 5) is 28.1. The smallest absolute Gasteiger partial charge is 0.237 e. The number of carbonyl (C=O) groups excluding carboxylic acids is 2. The third-order valence-corrected chi connectivity index (χ3v) is 8.85. The second kappa shape index (κ2) is 12.1. The summed E-state index contributed by atoms with van der Waals surface area (Å²) in [6.45, 7) is 8.23. The molecule has 1 fully saturated rings. The van der Waals surface area contributed by atoms with E-state index in [1.807, 2.05) is 6.07 Å². The van der Waals surface area contributed by atoms with Gasteiger partial charge in [-0.2, -0.15) is 0 Å². The lowest BCUT2D eigenvalue weighted by Crippen LogP contribution is -2.50. The first-order valence-corrected chi connectivity index (χ1v) is 14.7. The standard InChI is InChI=1S/C31H39Cl2FN2O4/c1-17(2)14-30(3,4)15-26-31(21-12-23(34)22(33)13-24(21)35-29(31)40)27(18-7-5-8-19(32)11-18)28(36-26)25(39)10-6-9-20(38)16-37/h5,7-8,11-13,17,20,26-28,36-38H,6,9-10,14-16H2,1-4H3,(H,35,40)/t20-,26+,27-,28-,31-/m0/s1. The third kappa shape index (κ3) is 5.95. The van der Waals surface area contributed by atoms with Gasteiger partial charge in [-0.05, 0) is 72.4 Å². The number of rotatable bonds is 11. The van der Waals surface area contributed by atoms with Crippen molar-refractivity contribution < 1.29 is 24.2 Å². The van der Waals surface area contributed by atoms with E-state index >= 15 is 4.39 Å². The van der Waals surface area contributed by atoms with Crippen molar-refractivity contribution in [1.82, 2.24) is 5.32 Å². The van der Waals surface area contributed by atoms with Gasteiger partial charge in [0, 0.05) is 29.1 Å². The molecule has 2 aliphatic rings. The Morgan fingerprint density at radius 1 is 1.20 bits per heavy atom. The minimum atomic E-state index is -1.30. The maximum absolute atomic E-state index is 15.1. The summed E-state index contributed by atoms with van der Waals surface area (Å²) in [5, 5.41) is 25.9. The number of amides is 1.